The van der Waals surface area contributed by atoms with E-state index in [9.17, 15) is 4.79 Å². The van der Waals surface area contributed by atoms with Crippen LogP contribution in [-0.2, 0) is 7.05 Å². The smallest absolute Gasteiger partial charge is 0.269 e. The Morgan fingerprint density at radius 1 is 1.67 bits per heavy atom. The van der Waals surface area contributed by atoms with Gasteiger partial charge in [0.05, 0.1) is 12.5 Å². The Hall–Kier alpha value is -1.36. The molecule has 0 bridgehead atoms. The van der Waals surface area contributed by atoms with Crippen LogP contribution in [0.5, 0.6) is 0 Å². The molecule has 0 aliphatic rings. The van der Waals surface area contributed by atoms with Gasteiger partial charge in [-0.1, -0.05) is 0 Å². The number of aryl methyl sites for hydroxylation is 1. The predicted octanol–water partition coefficient (Wildman–Crippen LogP) is 0.277. The monoisotopic (exact) mass is 210 g/mol. The second-order valence-corrected chi connectivity index (χ2v) is 4.27. The van der Waals surface area contributed by atoms with Gasteiger partial charge < -0.3 is 15.6 Å². The summed E-state index contributed by atoms with van der Waals surface area (Å²) in [5, 5.41) is 2.92. The van der Waals surface area contributed by atoms with Gasteiger partial charge in [-0.15, -0.1) is 0 Å². The molecule has 1 heterocycles. The molecular formula is C10H18N4O. The van der Waals surface area contributed by atoms with E-state index in [0.29, 0.717) is 12.2 Å². The van der Waals surface area contributed by atoms with Crippen LogP contribution in [0.25, 0.3) is 0 Å². The van der Waals surface area contributed by atoms with Crippen LogP contribution >= 0.6 is 0 Å². The van der Waals surface area contributed by atoms with Gasteiger partial charge in [-0.25, -0.2) is 4.98 Å². The van der Waals surface area contributed by atoms with E-state index in [2.05, 4.69) is 10.3 Å². The van der Waals surface area contributed by atoms with E-state index in [1.54, 1.807) is 24.1 Å². The third-order valence-corrected chi connectivity index (χ3v) is 2.27. The quantitative estimate of drug-likeness (QED) is 0.749. The minimum atomic E-state index is -0.282. The van der Waals surface area contributed by atoms with Crippen molar-refractivity contribution in [1.29, 1.82) is 0 Å². The summed E-state index contributed by atoms with van der Waals surface area (Å²) in [4.78, 5) is 15.7. The highest BCUT2D eigenvalue weighted by atomic mass is 16.2. The molecule has 3 N–H and O–H groups in total. The standard InChI is InChI=1S/C10H18N4O/c1-10(2,4-5-11)13-9(15)8-6-12-7-14(8)3/h6-7H,4-5,11H2,1-3H3,(H,13,15). The van der Waals surface area contributed by atoms with Crippen LogP contribution in [0.15, 0.2) is 12.5 Å². The Kier molecular flexibility index (Phi) is 3.47. The summed E-state index contributed by atoms with van der Waals surface area (Å²) < 4.78 is 1.69. The molecule has 0 spiro atoms. The van der Waals surface area contributed by atoms with Crippen molar-refractivity contribution < 1.29 is 4.79 Å². The number of rotatable bonds is 4. The lowest BCUT2D eigenvalue weighted by Crippen LogP contribution is -2.45. The van der Waals surface area contributed by atoms with E-state index in [0.717, 1.165) is 6.42 Å². The Morgan fingerprint density at radius 2 is 2.33 bits per heavy atom. The molecule has 0 aliphatic carbocycles. The van der Waals surface area contributed by atoms with Crippen molar-refractivity contribution in [1.82, 2.24) is 14.9 Å². The first-order chi connectivity index (χ1) is 6.96. The highest BCUT2D eigenvalue weighted by Gasteiger charge is 2.21. The van der Waals surface area contributed by atoms with Crippen molar-refractivity contribution >= 4 is 5.91 Å². The topological polar surface area (TPSA) is 72.9 Å². The van der Waals surface area contributed by atoms with Crippen LogP contribution in [0.4, 0.5) is 0 Å². The van der Waals surface area contributed by atoms with Crippen molar-refractivity contribution in [2.75, 3.05) is 6.54 Å². The maximum absolute atomic E-state index is 11.8. The molecule has 0 radical (unpaired) electrons. The second-order valence-electron chi connectivity index (χ2n) is 4.27. The van der Waals surface area contributed by atoms with Gasteiger partial charge in [0.25, 0.3) is 5.91 Å². The molecular weight excluding hydrogens is 192 g/mol. The fraction of sp³-hybridized carbons (Fsp3) is 0.600. The summed E-state index contributed by atoms with van der Waals surface area (Å²) in [7, 11) is 1.79. The summed E-state index contributed by atoms with van der Waals surface area (Å²) in [6, 6.07) is 0. The van der Waals surface area contributed by atoms with Crippen LogP contribution in [0.1, 0.15) is 30.8 Å². The summed E-state index contributed by atoms with van der Waals surface area (Å²) in [5.74, 6) is -0.117. The summed E-state index contributed by atoms with van der Waals surface area (Å²) in [6.07, 6.45) is 3.90. The number of amides is 1. The minimum absolute atomic E-state index is 0.117. The van der Waals surface area contributed by atoms with Crippen molar-refractivity contribution in [3.05, 3.63) is 18.2 Å². The lowest BCUT2D eigenvalue weighted by atomic mass is 10.0. The highest BCUT2D eigenvalue weighted by molar-refractivity contribution is 5.92. The normalized spacial score (nSPS) is 11.5. The number of imidazole rings is 1. The Balaban J connectivity index is 2.68. The summed E-state index contributed by atoms with van der Waals surface area (Å²) in [6.45, 7) is 4.46. The van der Waals surface area contributed by atoms with Crippen LogP contribution in [-0.4, -0.2) is 27.5 Å². The van der Waals surface area contributed by atoms with E-state index in [4.69, 9.17) is 5.73 Å². The zero-order chi connectivity index (χ0) is 11.5. The molecule has 1 rings (SSSR count). The second kappa shape index (κ2) is 4.44. The lowest BCUT2D eigenvalue weighted by Gasteiger charge is -2.25. The van der Waals surface area contributed by atoms with Crippen LogP contribution < -0.4 is 11.1 Å². The molecule has 0 fully saturated rings. The first kappa shape index (κ1) is 11.7. The number of aromatic nitrogens is 2. The molecule has 1 aromatic heterocycles. The van der Waals surface area contributed by atoms with Crippen molar-refractivity contribution in [2.24, 2.45) is 12.8 Å². The number of carbonyl (C=O) groups is 1. The highest BCUT2D eigenvalue weighted by Crippen LogP contribution is 2.08. The Labute approximate surface area is 89.7 Å². The number of nitrogens with two attached hydrogens (primary N) is 1. The largest absolute Gasteiger partial charge is 0.346 e. The Bertz CT molecular complexity index is 343. The van der Waals surface area contributed by atoms with Crippen molar-refractivity contribution in [2.45, 2.75) is 25.8 Å². The maximum atomic E-state index is 11.8. The molecule has 1 amide bonds. The van der Waals surface area contributed by atoms with Gasteiger partial charge in [-0.05, 0) is 26.8 Å². The molecule has 0 saturated carbocycles. The molecule has 0 unspecified atom stereocenters. The number of hydrogen-bond acceptors (Lipinski definition) is 3. The fourth-order valence-corrected chi connectivity index (χ4v) is 1.37. The van der Waals surface area contributed by atoms with Crippen LogP contribution in [0.3, 0.4) is 0 Å². The molecule has 0 saturated heterocycles. The number of nitrogens with one attached hydrogen (secondary N) is 1. The number of carbonyl (C=O) groups excluding carboxylic acids is 1. The molecule has 0 aliphatic heterocycles. The molecule has 5 heteroatoms. The lowest BCUT2D eigenvalue weighted by molar-refractivity contribution is 0.0902. The van der Waals surface area contributed by atoms with Crippen LogP contribution in [0, 0.1) is 0 Å². The molecule has 5 nitrogen and oxygen atoms in total. The summed E-state index contributed by atoms with van der Waals surface area (Å²) in [5.41, 5.74) is 5.74. The SMILES string of the molecule is Cn1cncc1C(=O)NC(C)(C)CCN. The van der Waals surface area contributed by atoms with Gasteiger partial charge >= 0.3 is 0 Å². The zero-order valence-corrected chi connectivity index (χ0v) is 9.45. The Morgan fingerprint density at radius 3 is 2.80 bits per heavy atom. The predicted molar refractivity (Wildman–Crippen MR) is 58.4 cm³/mol. The number of hydrogen-bond donors (Lipinski definition) is 2. The maximum Gasteiger partial charge on any atom is 0.269 e. The molecule has 0 aromatic carbocycles. The third kappa shape index (κ3) is 3.06. The average molecular weight is 210 g/mol. The van der Waals surface area contributed by atoms with Crippen molar-refractivity contribution in [3.8, 4) is 0 Å². The first-order valence-corrected chi connectivity index (χ1v) is 4.95. The van der Waals surface area contributed by atoms with E-state index in [1.165, 1.54) is 0 Å². The van der Waals surface area contributed by atoms with Gasteiger partial charge in [0.1, 0.15) is 5.69 Å². The molecule has 84 valence electrons. The van der Waals surface area contributed by atoms with E-state index in [1.807, 2.05) is 13.8 Å². The molecule has 0 atom stereocenters. The molecule has 1 aromatic rings. The van der Waals surface area contributed by atoms with E-state index >= 15 is 0 Å². The van der Waals surface area contributed by atoms with E-state index < -0.39 is 0 Å². The minimum Gasteiger partial charge on any atom is -0.346 e. The van der Waals surface area contributed by atoms with Crippen molar-refractivity contribution in [3.63, 3.8) is 0 Å². The summed E-state index contributed by atoms with van der Waals surface area (Å²) >= 11 is 0. The van der Waals surface area contributed by atoms with Gasteiger partial charge in [0, 0.05) is 12.6 Å². The van der Waals surface area contributed by atoms with Gasteiger partial charge in [0.2, 0.25) is 0 Å². The van der Waals surface area contributed by atoms with Crippen LogP contribution in [0.2, 0.25) is 0 Å². The fourth-order valence-electron chi connectivity index (χ4n) is 1.37. The van der Waals surface area contributed by atoms with E-state index in [-0.39, 0.29) is 11.4 Å². The average Bonchev–Trinajstić information content (AvgIpc) is 2.50. The first-order valence-electron chi connectivity index (χ1n) is 4.95. The third-order valence-electron chi connectivity index (χ3n) is 2.27. The zero-order valence-electron chi connectivity index (χ0n) is 9.45. The van der Waals surface area contributed by atoms with Gasteiger partial charge in [-0.2, -0.15) is 0 Å². The number of nitrogens with zero attached hydrogens (tertiary/aromatic N) is 2. The van der Waals surface area contributed by atoms with Gasteiger partial charge in [-0.3, -0.25) is 4.79 Å². The molecule has 15 heavy (non-hydrogen) atoms. The van der Waals surface area contributed by atoms with Gasteiger partial charge in [0.15, 0.2) is 0 Å².